The van der Waals surface area contributed by atoms with E-state index in [0.717, 1.165) is 11.1 Å². The average molecular weight is 288 g/mol. The fourth-order valence-electron chi connectivity index (χ4n) is 2.54. The van der Waals surface area contributed by atoms with E-state index in [1.54, 1.807) is 12.1 Å². The molecule has 1 aliphatic rings. The molecule has 0 bridgehead atoms. The Morgan fingerprint density at radius 2 is 2.15 bits per heavy atom. The standard InChI is InChI=1S/C14H12N2O3S/c1-8-3-2-4-10-11(8)15-12(9-5-6-20-7-9)13(14(10)17)16(18)19/h2-7,12-13,15H,1H3/t12-,13-/m1/s1. The molecule has 1 N–H and O–H groups in total. The minimum absolute atomic E-state index is 0.401. The van der Waals surface area contributed by atoms with Gasteiger partial charge in [-0.2, -0.15) is 11.3 Å². The first-order valence-corrected chi connectivity index (χ1v) is 7.10. The van der Waals surface area contributed by atoms with Crippen LogP contribution in [0.3, 0.4) is 0 Å². The first-order chi connectivity index (χ1) is 9.59. The lowest BCUT2D eigenvalue weighted by Crippen LogP contribution is -2.43. The second-order valence-electron chi connectivity index (χ2n) is 4.77. The Bertz CT molecular complexity index is 682. The van der Waals surface area contributed by atoms with Gasteiger partial charge >= 0.3 is 0 Å². The van der Waals surface area contributed by atoms with Crippen LogP contribution in [0.2, 0.25) is 0 Å². The second-order valence-corrected chi connectivity index (χ2v) is 5.55. The average Bonchev–Trinajstić information content (AvgIpc) is 2.93. The minimum Gasteiger partial charge on any atom is -0.371 e. The summed E-state index contributed by atoms with van der Waals surface area (Å²) in [5.41, 5.74) is 2.79. The maximum absolute atomic E-state index is 12.4. The molecule has 2 atom stereocenters. The Kier molecular flexibility index (Phi) is 3.02. The van der Waals surface area contributed by atoms with Crippen molar-refractivity contribution in [2.75, 3.05) is 5.32 Å². The van der Waals surface area contributed by atoms with Gasteiger partial charge in [0.1, 0.15) is 6.04 Å². The molecular weight excluding hydrogens is 276 g/mol. The third kappa shape index (κ3) is 1.89. The number of nitrogens with one attached hydrogen (secondary N) is 1. The number of ketones is 1. The van der Waals surface area contributed by atoms with Crippen LogP contribution in [0.25, 0.3) is 0 Å². The molecule has 0 saturated carbocycles. The van der Waals surface area contributed by atoms with Crippen LogP contribution in [0.4, 0.5) is 5.69 Å². The molecule has 102 valence electrons. The molecule has 0 spiro atoms. The van der Waals surface area contributed by atoms with E-state index in [4.69, 9.17) is 0 Å². The van der Waals surface area contributed by atoms with Crippen molar-refractivity contribution >= 4 is 22.8 Å². The number of aryl methyl sites for hydroxylation is 1. The Labute approximate surface area is 119 Å². The number of thiophene rings is 1. The van der Waals surface area contributed by atoms with Gasteiger partial charge in [-0.05, 0) is 40.9 Å². The normalized spacial score (nSPS) is 21.1. The van der Waals surface area contributed by atoms with Gasteiger partial charge in [-0.3, -0.25) is 14.9 Å². The molecule has 1 aromatic carbocycles. The van der Waals surface area contributed by atoms with Gasteiger partial charge in [-0.15, -0.1) is 0 Å². The van der Waals surface area contributed by atoms with E-state index in [1.807, 2.05) is 29.8 Å². The quantitative estimate of drug-likeness (QED) is 0.681. The Morgan fingerprint density at radius 3 is 2.80 bits per heavy atom. The largest absolute Gasteiger partial charge is 0.371 e. The van der Waals surface area contributed by atoms with Crippen LogP contribution in [-0.2, 0) is 0 Å². The number of benzene rings is 1. The number of Topliss-reactive ketones (excluding diaryl/α,β-unsaturated/α-hetero) is 1. The molecule has 2 heterocycles. The smallest absolute Gasteiger partial charge is 0.298 e. The summed E-state index contributed by atoms with van der Waals surface area (Å²) in [5.74, 6) is -0.427. The number of anilines is 1. The number of fused-ring (bicyclic) bond motifs is 1. The van der Waals surface area contributed by atoms with E-state index in [2.05, 4.69) is 5.32 Å². The number of nitrogens with zero attached hydrogens (tertiary/aromatic N) is 1. The molecule has 0 aliphatic carbocycles. The van der Waals surface area contributed by atoms with E-state index >= 15 is 0 Å². The van der Waals surface area contributed by atoms with Gasteiger partial charge in [0, 0.05) is 16.2 Å². The van der Waals surface area contributed by atoms with Crippen molar-refractivity contribution in [3.05, 3.63) is 61.8 Å². The number of hydrogen-bond acceptors (Lipinski definition) is 5. The SMILES string of the molecule is Cc1cccc2c1N[C@H](c1ccsc1)[C@@H]([N+](=O)[O-])C2=O. The molecule has 0 saturated heterocycles. The van der Waals surface area contributed by atoms with E-state index < -0.39 is 22.8 Å². The number of hydrogen-bond donors (Lipinski definition) is 1. The number of carbonyl (C=O) groups excluding carboxylic acids is 1. The molecular formula is C14H12N2O3S. The van der Waals surface area contributed by atoms with Crippen LogP contribution in [0, 0.1) is 17.0 Å². The van der Waals surface area contributed by atoms with Gasteiger partial charge in [0.25, 0.3) is 6.04 Å². The van der Waals surface area contributed by atoms with Crippen molar-refractivity contribution in [3.8, 4) is 0 Å². The summed E-state index contributed by atoms with van der Waals surface area (Å²) in [6.07, 6.45) is 0. The summed E-state index contributed by atoms with van der Waals surface area (Å²) in [4.78, 5) is 23.3. The molecule has 1 aliphatic heterocycles. The second kappa shape index (κ2) is 4.72. The fraction of sp³-hybridized carbons (Fsp3) is 0.214. The summed E-state index contributed by atoms with van der Waals surface area (Å²) in [5, 5.41) is 18.2. The van der Waals surface area contributed by atoms with Crippen LogP contribution >= 0.6 is 11.3 Å². The zero-order chi connectivity index (χ0) is 14.3. The Hall–Kier alpha value is -2.21. The molecule has 6 heteroatoms. The third-order valence-corrected chi connectivity index (χ3v) is 4.25. The van der Waals surface area contributed by atoms with Crippen LogP contribution in [0.1, 0.15) is 27.5 Å². The molecule has 0 fully saturated rings. The van der Waals surface area contributed by atoms with Crippen LogP contribution < -0.4 is 5.32 Å². The summed E-state index contributed by atoms with van der Waals surface area (Å²) in [6, 6.07) is 5.19. The van der Waals surface area contributed by atoms with Crippen molar-refractivity contribution in [2.24, 2.45) is 0 Å². The number of nitro groups is 1. The predicted octanol–water partition coefficient (Wildman–Crippen LogP) is 3.05. The monoisotopic (exact) mass is 288 g/mol. The minimum atomic E-state index is -1.28. The van der Waals surface area contributed by atoms with E-state index in [0.29, 0.717) is 11.3 Å². The van der Waals surface area contributed by atoms with Gasteiger partial charge in [0.2, 0.25) is 5.78 Å². The molecule has 1 aromatic heterocycles. The van der Waals surface area contributed by atoms with Gasteiger partial charge in [-0.25, -0.2) is 0 Å². The number of rotatable bonds is 2. The lowest BCUT2D eigenvalue weighted by Gasteiger charge is -2.29. The molecule has 0 radical (unpaired) electrons. The Morgan fingerprint density at radius 1 is 1.35 bits per heavy atom. The number of carbonyl (C=O) groups is 1. The zero-order valence-corrected chi connectivity index (χ0v) is 11.5. The maximum Gasteiger partial charge on any atom is 0.298 e. The summed E-state index contributed by atoms with van der Waals surface area (Å²) < 4.78 is 0. The van der Waals surface area contributed by atoms with E-state index in [-0.39, 0.29) is 0 Å². The van der Waals surface area contributed by atoms with Crippen LogP contribution in [0.15, 0.2) is 35.0 Å². The highest BCUT2D eigenvalue weighted by atomic mass is 32.1. The van der Waals surface area contributed by atoms with Gasteiger partial charge < -0.3 is 5.32 Å². The molecule has 20 heavy (non-hydrogen) atoms. The molecule has 0 amide bonds. The van der Waals surface area contributed by atoms with Crippen LogP contribution in [0.5, 0.6) is 0 Å². The van der Waals surface area contributed by atoms with Gasteiger partial charge in [0.15, 0.2) is 0 Å². The molecule has 0 unspecified atom stereocenters. The van der Waals surface area contributed by atoms with Crippen molar-refractivity contribution < 1.29 is 9.72 Å². The fourth-order valence-corrected chi connectivity index (χ4v) is 3.24. The summed E-state index contributed by atoms with van der Waals surface area (Å²) in [7, 11) is 0. The summed E-state index contributed by atoms with van der Waals surface area (Å²) >= 11 is 1.46. The predicted molar refractivity (Wildman–Crippen MR) is 77.0 cm³/mol. The van der Waals surface area contributed by atoms with Crippen LogP contribution in [-0.4, -0.2) is 16.7 Å². The molecule has 2 aromatic rings. The molecule has 5 nitrogen and oxygen atoms in total. The summed E-state index contributed by atoms with van der Waals surface area (Å²) in [6.45, 7) is 1.89. The van der Waals surface area contributed by atoms with E-state index in [1.165, 1.54) is 11.3 Å². The van der Waals surface area contributed by atoms with Gasteiger partial charge in [0.05, 0.1) is 0 Å². The lowest BCUT2D eigenvalue weighted by atomic mass is 9.88. The third-order valence-electron chi connectivity index (χ3n) is 3.55. The zero-order valence-electron chi connectivity index (χ0n) is 10.7. The highest BCUT2D eigenvalue weighted by Gasteiger charge is 2.45. The highest BCUT2D eigenvalue weighted by molar-refractivity contribution is 7.08. The molecule has 3 rings (SSSR count). The number of para-hydroxylation sites is 1. The van der Waals surface area contributed by atoms with Gasteiger partial charge in [-0.1, -0.05) is 12.1 Å². The van der Waals surface area contributed by atoms with Crippen molar-refractivity contribution in [1.29, 1.82) is 0 Å². The first kappa shape index (κ1) is 12.8. The van der Waals surface area contributed by atoms with Crippen molar-refractivity contribution in [2.45, 2.75) is 19.0 Å². The topological polar surface area (TPSA) is 72.2 Å². The lowest BCUT2D eigenvalue weighted by molar-refractivity contribution is -0.508. The van der Waals surface area contributed by atoms with Crippen molar-refractivity contribution in [3.63, 3.8) is 0 Å². The highest BCUT2D eigenvalue weighted by Crippen LogP contribution is 2.36. The van der Waals surface area contributed by atoms with E-state index in [9.17, 15) is 14.9 Å². The Balaban J connectivity index is 2.15. The van der Waals surface area contributed by atoms with Crippen molar-refractivity contribution in [1.82, 2.24) is 0 Å². The maximum atomic E-state index is 12.4. The first-order valence-electron chi connectivity index (χ1n) is 6.15.